The summed E-state index contributed by atoms with van der Waals surface area (Å²) in [5.41, 5.74) is 0. The molecule has 3 nitrogen and oxygen atoms in total. The third-order valence-corrected chi connectivity index (χ3v) is 0.752. The molecule has 0 aliphatic rings. The Morgan fingerprint density at radius 3 is 3.12 bits per heavy atom. The van der Waals surface area contributed by atoms with Gasteiger partial charge in [-0.1, -0.05) is 0 Å². The summed E-state index contributed by atoms with van der Waals surface area (Å²) in [6.07, 6.45) is 5.73. The van der Waals surface area contributed by atoms with Crippen molar-refractivity contribution in [2.24, 2.45) is 0 Å². The lowest BCUT2D eigenvalue weighted by atomic mass is 10.6. The minimum Gasteiger partial charge on any atom is -0.515 e. The van der Waals surface area contributed by atoms with Gasteiger partial charge in [0.2, 0.25) is 0 Å². The highest BCUT2D eigenvalue weighted by atomic mass is 16.2. The van der Waals surface area contributed by atoms with E-state index in [0.717, 1.165) is 6.26 Å². The van der Waals surface area contributed by atoms with Gasteiger partial charge in [-0.25, -0.2) is 4.98 Å². The van der Waals surface area contributed by atoms with E-state index in [0.29, 0.717) is 5.82 Å². The fourth-order valence-corrected chi connectivity index (χ4v) is 0.439. The zero-order valence-corrected chi connectivity index (χ0v) is 4.20. The van der Waals surface area contributed by atoms with Gasteiger partial charge in [-0.3, -0.25) is 0 Å². The van der Waals surface area contributed by atoms with E-state index in [9.17, 15) is 0 Å². The highest BCUT2D eigenvalue weighted by molar-refractivity contribution is 5.36. The Labute approximate surface area is 46.7 Å². The molecule has 0 amide bonds. The molecule has 1 aromatic heterocycles. The van der Waals surface area contributed by atoms with Crippen molar-refractivity contribution in [1.29, 1.82) is 0 Å². The molecule has 0 fully saturated rings. The number of nitrogens with one attached hydrogen (secondary N) is 1. The molecule has 1 aromatic rings. The molecule has 0 saturated heterocycles. The Morgan fingerprint density at radius 1 is 1.75 bits per heavy atom. The van der Waals surface area contributed by atoms with Gasteiger partial charge in [0.15, 0.2) is 0 Å². The average Bonchev–Trinajstić information content (AvgIpc) is 2.19. The molecule has 0 bridgehead atoms. The van der Waals surface area contributed by atoms with E-state index in [4.69, 9.17) is 5.11 Å². The molecule has 0 aliphatic heterocycles. The second-order valence-corrected chi connectivity index (χ2v) is 1.29. The third kappa shape index (κ3) is 0.872. The molecule has 0 aliphatic carbocycles. The molecule has 0 unspecified atom stereocenters. The molecule has 1 heterocycles. The quantitative estimate of drug-likeness (QED) is 0.528. The maximum Gasteiger partial charge on any atom is 0.132 e. The van der Waals surface area contributed by atoms with E-state index in [1.807, 2.05) is 0 Å². The minimum atomic E-state index is 0.660. The SMILES string of the molecule is OC=Cc1ncc[nH]1. The van der Waals surface area contributed by atoms with Crippen molar-refractivity contribution < 1.29 is 5.11 Å². The molecule has 0 spiro atoms. The van der Waals surface area contributed by atoms with Crippen molar-refractivity contribution in [2.45, 2.75) is 0 Å². The lowest BCUT2D eigenvalue weighted by Crippen LogP contribution is -1.70. The summed E-state index contributed by atoms with van der Waals surface area (Å²) in [5, 5.41) is 8.20. The van der Waals surface area contributed by atoms with Gasteiger partial charge < -0.3 is 10.1 Å². The van der Waals surface area contributed by atoms with E-state index in [1.54, 1.807) is 12.4 Å². The van der Waals surface area contributed by atoms with Crippen LogP contribution in [0.5, 0.6) is 0 Å². The first-order valence-corrected chi connectivity index (χ1v) is 2.23. The number of aromatic amines is 1. The summed E-state index contributed by atoms with van der Waals surface area (Å²) in [4.78, 5) is 6.58. The number of aromatic nitrogens is 2. The fourth-order valence-electron chi connectivity index (χ4n) is 0.439. The van der Waals surface area contributed by atoms with Crippen LogP contribution in [0.3, 0.4) is 0 Å². The second kappa shape index (κ2) is 2.16. The maximum atomic E-state index is 8.20. The molecule has 1 rings (SSSR count). The van der Waals surface area contributed by atoms with Crippen LogP contribution in [0.15, 0.2) is 18.7 Å². The Kier molecular flexibility index (Phi) is 1.32. The predicted octanol–water partition coefficient (Wildman–Crippen LogP) is 0.938. The minimum absolute atomic E-state index is 0.660. The molecule has 8 heavy (non-hydrogen) atoms. The summed E-state index contributed by atoms with van der Waals surface area (Å²) in [5.74, 6) is 0.660. The third-order valence-electron chi connectivity index (χ3n) is 0.752. The standard InChI is InChI=1S/C5H6N2O/c8-4-1-5-6-2-3-7-5/h1-4,8H,(H,6,7). The number of rotatable bonds is 1. The summed E-state index contributed by atoms with van der Waals surface area (Å²) >= 11 is 0. The number of hydrogen-bond donors (Lipinski definition) is 2. The van der Waals surface area contributed by atoms with Crippen LogP contribution in [0.1, 0.15) is 5.82 Å². The highest BCUT2D eigenvalue weighted by Gasteiger charge is 1.81. The van der Waals surface area contributed by atoms with Crippen molar-refractivity contribution in [3.63, 3.8) is 0 Å². The van der Waals surface area contributed by atoms with Crippen molar-refractivity contribution in [1.82, 2.24) is 9.97 Å². The largest absolute Gasteiger partial charge is 0.515 e. The zero-order valence-electron chi connectivity index (χ0n) is 4.20. The van der Waals surface area contributed by atoms with Gasteiger partial charge >= 0.3 is 0 Å². The van der Waals surface area contributed by atoms with Gasteiger partial charge in [-0.05, 0) is 0 Å². The van der Waals surface area contributed by atoms with Gasteiger partial charge in [-0.15, -0.1) is 0 Å². The van der Waals surface area contributed by atoms with Crippen LogP contribution in [0, 0.1) is 0 Å². The van der Waals surface area contributed by atoms with Gasteiger partial charge in [-0.2, -0.15) is 0 Å². The number of hydrogen-bond acceptors (Lipinski definition) is 2. The van der Waals surface area contributed by atoms with E-state index in [2.05, 4.69) is 9.97 Å². The van der Waals surface area contributed by atoms with Crippen molar-refractivity contribution in [2.75, 3.05) is 0 Å². The summed E-state index contributed by atoms with van der Waals surface area (Å²) in [6.45, 7) is 0. The molecule has 3 heteroatoms. The molecule has 2 N–H and O–H groups in total. The van der Waals surface area contributed by atoms with Crippen LogP contribution in [-0.2, 0) is 0 Å². The Hall–Kier alpha value is -1.25. The van der Waals surface area contributed by atoms with Crippen LogP contribution in [0.2, 0.25) is 0 Å². The highest BCUT2D eigenvalue weighted by Crippen LogP contribution is 1.88. The molecular weight excluding hydrogens is 104 g/mol. The predicted molar refractivity (Wildman–Crippen MR) is 30.3 cm³/mol. The van der Waals surface area contributed by atoms with Crippen LogP contribution in [0.25, 0.3) is 6.08 Å². The maximum absolute atomic E-state index is 8.20. The first kappa shape index (κ1) is 4.90. The Morgan fingerprint density at radius 2 is 2.62 bits per heavy atom. The Bertz CT molecular complexity index is 167. The molecule has 0 radical (unpaired) electrons. The fraction of sp³-hybridized carbons (Fsp3) is 0. The average molecular weight is 110 g/mol. The first-order chi connectivity index (χ1) is 3.93. The zero-order chi connectivity index (χ0) is 5.82. The van der Waals surface area contributed by atoms with E-state index < -0.39 is 0 Å². The van der Waals surface area contributed by atoms with Crippen molar-refractivity contribution in [3.8, 4) is 0 Å². The summed E-state index contributed by atoms with van der Waals surface area (Å²) in [6, 6.07) is 0. The smallest absolute Gasteiger partial charge is 0.132 e. The second-order valence-electron chi connectivity index (χ2n) is 1.29. The number of H-pyrrole nitrogens is 1. The van der Waals surface area contributed by atoms with Crippen LogP contribution in [-0.4, -0.2) is 15.1 Å². The normalized spacial score (nSPS) is 10.5. The molecule has 0 atom stereocenters. The van der Waals surface area contributed by atoms with Gasteiger partial charge in [0.05, 0.1) is 6.26 Å². The van der Waals surface area contributed by atoms with Crippen molar-refractivity contribution >= 4 is 6.08 Å². The van der Waals surface area contributed by atoms with Gasteiger partial charge in [0.25, 0.3) is 0 Å². The van der Waals surface area contributed by atoms with Crippen LogP contribution in [0.4, 0.5) is 0 Å². The first-order valence-electron chi connectivity index (χ1n) is 2.23. The number of imidazole rings is 1. The topological polar surface area (TPSA) is 48.9 Å². The van der Waals surface area contributed by atoms with Crippen LogP contribution < -0.4 is 0 Å². The number of aliphatic hydroxyl groups excluding tert-OH is 1. The molecule has 0 saturated carbocycles. The Balaban J connectivity index is 2.77. The van der Waals surface area contributed by atoms with E-state index in [-0.39, 0.29) is 0 Å². The molecule has 42 valence electrons. The number of aliphatic hydroxyl groups is 1. The molecular formula is C5H6N2O. The van der Waals surface area contributed by atoms with Gasteiger partial charge in [0, 0.05) is 18.5 Å². The lowest BCUT2D eigenvalue weighted by molar-refractivity contribution is 0.478. The van der Waals surface area contributed by atoms with Crippen molar-refractivity contribution in [3.05, 3.63) is 24.5 Å². The van der Waals surface area contributed by atoms with Gasteiger partial charge in [0.1, 0.15) is 5.82 Å². The van der Waals surface area contributed by atoms with E-state index in [1.165, 1.54) is 6.08 Å². The summed E-state index contributed by atoms with van der Waals surface area (Å²) < 4.78 is 0. The van der Waals surface area contributed by atoms with Crippen LogP contribution >= 0.6 is 0 Å². The monoisotopic (exact) mass is 110 g/mol. The van der Waals surface area contributed by atoms with E-state index >= 15 is 0 Å². The lowest BCUT2D eigenvalue weighted by Gasteiger charge is -1.75. The summed E-state index contributed by atoms with van der Waals surface area (Å²) in [7, 11) is 0. The number of nitrogens with zero attached hydrogens (tertiary/aromatic N) is 1. The molecule has 0 aromatic carbocycles.